The minimum atomic E-state index is -4.45. The van der Waals surface area contributed by atoms with Gasteiger partial charge < -0.3 is 10.8 Å². The summed E-state index contributed by atoms with van der Waals surface area (Å²) in [4.78, 5) is 21.5. The van der Waals surface area contributed by atoms with E-state index < -0.39 is 25.2 Å². The van der Waals surface area contributed by atoms with Crippen LogP contribution in [0, 0.1) is 0 Å². The van der Waals surface area contributed by atoms with Gasteiger partial charge in [0.05, 0.1) is 13.1 Å². The summed E-state index contributed by atoms with van der Waals surface area (Å²) in [5.74, 6) is -1.62. The van der Waals surface area contributed by atoms with E-state index >= 15 is 0 Å². The van der Waals surface area contributed by atoms with Gasteiger partial charge in [0.15, 0.2) is 0 Å². The fraction of sp³-hybridized carbons (Fsp3) is 0.818. The van der Waals surface area contributed by atoms with Crippen molar-refractivity contribution in [2.24, 2.45) is 5.73 Å². The molecule has 5 nitrogen and oxygen atoms in total. The number of ketones is 1. The number of nitrogens with two attached hydrogens (primary N) is 1. The third-order valence-electron chi connectivity index (χ3n) is 1.54. The first-order chi connectivity index (χ1) is 8.70. The first kappa shape index (κ1) is 23.0. The number of halogens is 3. The van der Waals surface area contributed by atoms with Crippen molar-refractivity contribution in [2.75, 3.05) is 26.7 Å². The minimum absolute atomic E-state index is 0.0800. The molecule has 0 radical (unpaired) electrons. The normalized spacial score (nSPS) is 9.95. The summed E-state index contributed by atoms with van der Waals surface area (Å²) in [5, 5.41) is 8.35. The Morgan fingerprint density at radius 3 is 1.89 bits per heavy atom. The number of carbonyl (C=O) groups excluding carboxylic acids is 1. The lowest BCUT2D eigenvalue weighted by Gasteiger charge is -2.20. The lowest BCUT2D eigenvalue weighted by atomic mass is 10.3. The molecule has 0 aliphatic rings. The van der Waals surface area contributed by atoms with Crippen molar-refractivity contribution < 1.29 is 27.9 Å². The van der Waals surface area contributed by atoms with Gasteiger partial charge in [-0.25, -0.2) is 0 Å². The maximum Gasteiger partial charge on any atom is 0.401 e. The van der Waals surface area contributed by atoms with E-state index in [9.17, 15) is 22.8 Å². The number of carboxylic acids is 1. The second-order valence-corrected chi connectivity index (χ2v) is 3.17. The molecule has 3 N–H and O–H groups in total. The number of alkyl halides is 3. The van der Waals surface area contributed by atoms with E-state index in [1.165, 1.54) is 14.0 Å². The van der Waals surface area contributed by atoms with Crippen molar-refractivity contribution in [1.82, 2.24) is 4.90 Å². The van der Waals surface area contributed by atoms with Crippen LogP contribution in [0.25, 0.3) is 0 Å². The second-order valence-electron chi connectivity index (χ2n) is 3.17. The van der Waals surface area contributed by atoms with Gasteiger partial charge in [0, 0.05) is 13.0 Å². The molecular formula is C11H23F3N2O3. The molecule has 0 heterocycles. The van der Waals surface area contributed by atoms with E-state index in [1.54, 1.807) is 0 Å². The number of nitrogens with zero attached hydrogens (tertiary/aromatic N) is 1. The first-order valence-corrected chi connectivity index (χ1v) is 5.79. The lowest BCUT2D eigenvalue weighted by Crippen LogP contribution is -2.38. The predicted octanol–water partition coefficient (Wildman–Crippen LogP) is 1.52. The smallest absolute Gasteiger partial charge is 0.401 e. The molecule has 0 spiro atoms. The zero-order valence-electron chi connectivity index (χ0n) is 11.8. The summed E-state index contributed by atoms with van der Waals surface area (Å²) < 4.78 is 35.9. The number of carboxylic acid groups (broad SMARTS) is 1. The second kappa shape index (κ2) is 13.3. The summed E-state index contributed by atoms with van der Waals surface area (Å²) in [6.45, 7) is 3.02. The molecule has 0 rings (SSSR count). The van der Waals surface area contributed by atoms with Gasteiger partial charge in [0.1, 0.15) is 5.78 Å². The molecule has 116 valence electrons. The highest BCUT2D eigenvalue weighted by Gasteiger charge is 2.31. The van der Waals surface area contributed by atoms with Crippen LogP contribution in [-0.2, 0) is 9.59 Å². The number of rotatable bonds is 6. The van der Waals surface area contributed by atoms with E-state index in [4.69, 9.17) is 5.11 Å². The van der Waals surface area contributed by atoms with Crippen LogP contribution in [0.3, 0.4) is 0 Å². The fourth-order valence-electron chi connectivity index (χ4n) is 0.974. The zero-order chi connectivity index (χ0) is 16.1. The van der Waals surface area contributed by atoms with Crippen LogP contribution >= 0.6 is 0 Å². The quantitative estimate of drug-likeness (QED) is 0.774. The van der Waals surface area contributed by atoms with Crippen LogP contribution in [0.5, 0.6) is 0 Å². The van der Waals surface area contributed by atoms with Gasteiger partial charge in [-0.05, 0) is 14.0 Å². The summed E-state index contributed by atoms with van der Waals surface area (Å²) in [5.41, 5.74) is 4.50. The molecule has 0 saturated carbocycles. The Hall–Kier alpha value is -1.15. The molecule has 0 fully saturated rings. The monoisotopic (exact) mass is 288 g/mol. The number of hydrogen-bond donors (Lipinski definition) is 2. The topological polar surface area (TPSA) is 83.6 Å². The van der Waals surface area contributed by atoms with Crippen LogP contribution in [0.15, 0.2) is 0 Å². The van der Waals surface area contributed by atoms with E-state index in [-0.39, 0.29) is 18.7 Å². The molecule has 0 aromatic heterocycles. The Bertz CT molecular complexity index is 246. The van der Waals surface area contributed by atoms with Crippen molar-refractivity contribution in [3.63, 3.8) is 0 Å². The molecule has 0 atom stereocenters. The highest BCUT2D eigenvalue weighted by atomic mass is 19.4. The number of Topliss-reactive ketones (excluding diaryl/α,β-unsaturated/α-hetero) is 1. The molecule has 0 aliphatic carbocycles. The van der Waals surface area contributed by atoms with Gasteiger partial charge in [0.25, 0.3) is 0 Å². The Morgan fingerprint density at radius 1 is 1.21 bits per heavy atom. The van der Waals surface area contributed by atoms with E-state index in [1.807, 2.05) is 13.8 Å². The Kier molecular flexibility index (Phi) is 16.1. The lowest BCUT2D eigenvalue weighted by molar-refractivity contribution is -0.154. The van der Waals surface area contributed by atoms with Crippen molar-refractivity contribution in [3.05, 3.63) is 0 Å². The molecule has 8 heteroatoms. The summed E-state index contributed by atoms with van der Waals surface area (Å²) in [6, 6.07) is 0. The van der Waals surface area contributed by atoms with E-state index in [2.05, 4.69) is 5.73 Å². The van der Waals surface area contributed by atoms with Crippen molar-refractivity contribution in [1.29, 1.82) is 0 Å². The summed E-state index contributed by atoms with van der Waals surface area (Å²) >= 11 is 0. The molecule has 0 amide bonds. The van der Waals surface area contributed by atoms with Gasteiger partial charge in [-0.3, -0.25) is 14.5 Å². The van der Waals surface area contributed by atoms with E-state index in [0.29, 0.717) is 4.90 Å². The standard InChI is InChI=1S/C8H12F3NO3.C2H6.CH5N/c1-6(13)2-3-12(4-7(14)15)5-8(9,10)11;2*1-2/h2-5H2,1H3,(H,14,15);1-2H3;2H2,1H3. The average Bonchev–Trinajstić information content (AvgIpc) is 2.28. The van der Waals surface area contributed by atoms with Gasteiger partial charge in [-0.2, -0.15) is 13.2 Å². The maximum absolute atomic E-state index is 12.0. The molecule has 0 unspecified atom stereocenters. The average molecular weight is 288 g/mol. The van der Waals surface area contributed by atoms with Gasteiger partial charge in [-0.15, -0.1) is 0 Å². The molecule has 19 heavy (non-hydrogen) atoms. The van der Waals surface area contributed by atoms with Crippen molar-refractivity contribution in [3.8, 4) is 0 Å². The molecule has 0 aliphatic heterocycles. The summed E-state index contributed by atoms with van der Waals surface area (Å²) in [6.07, 6.45) is -4.53. The van der Waals surface area contributed by atoms with Crippen LogP contribution in [0.2, 0.25) is 0 Å². The van der Waals surface area contributed by atoms with Crippen molar-refractivity contribution in [2.45, 2.75) is 33.4 Å². The summed E-state index contributed by atoms with van der Waals surface area (Å²) in [7, 11) is 1.50. The van der Waals surface area contributed by atoms with Crippen LogP contribution in [0.1, 0.15) is 27.2 Å². The number of carbonyl (C=O) groups is 2. The molecular weight excluding hydrogens is 265 g/mol. The highest BCUT2D eigenvalue weighted by Crippen LogP contribution is 2.16. The third-order valence-corrected chi connectivity index (χ3v) is 1.54. The SMILES string of the molecule is CC.CC(=O)CCN(CC(=O)O)CC(F)(F)F.CN. The zero-order valence-corrected chi connectivity index (χ0v) is 11.8. The third kappa shape index (κ3) is 22.5. The van der Waals surface area contributed by atoms with Crippen LogP contribution in [-0.4, -0.2) is 54.6 Å². The number of hydrogen-bond acceptors (Lipinski definition) is 4. The number of aliphatic carboxylic acids is 1. The molecule has 0 aromatic carbocycles. The molecule has 0 aromatic rings. The fourth-order valence-corrected chi connectivity index (χ4v) is 0.974. The highest BCUT2D eigenvalue weighted by molar-refractivity contribution is 5.75. The Labute approximate surface area is 111 Å². The minimum Gasteiger partial charge on any atom is -0.480 e. The van der Waals surface area contributed by atoms with Gasteiger partial charge in [0.2, 0.25) is 0 Å². The van der Waals surface area contributed by atoms with Crippen LogP contribution in [0.4, 0.5) is 13.2 Å². The predicted molar refractivity (Wildman–Crippen MR) is 66.9 cm³/mol. The first-order valence-electron chi connectivity index (χ1n) is 5.79. The Balaban J connectivity index is -0.000000579. The molecule has 0 saturated heterocycles. The van der Waals surface area contributed by atoms with Gasteiger partial charge >= 0.3 is 12.1 Å². The maximum atomic E-state index is 12.0. The molecule has 0 bridgehead atoms. The largest absolute Gasteiger partial charge is 0.480 e. The van der Waals surface area contributed by atoms with E-state index in [0.717, 1.165) is 0 Å². The van der Waals surface area contributed by atoms with Gasteiger partial charge in [-0.1, -0.05) is 13.8 Å². The van der Waals surface area contributed by atoms with Crippen LogP contribution < -0.4 is 5.73 Å². The Morgan fingerprint density at radius 2 is 1.63 bits per heavy atom. The van der Waals surface area contributed by atoms with Crippen molar-refractivity contribution >= 4 is 11.8 Å².